The van der Waals surface area contributed by atoms with Gasteiger partial charge in [-0.3, -0.25) is 0 Å². The standard InChI is InChI=1S/C15H24N2S/c1-12(16-4)13-7-5-6-8-14(13)17-9-10-18-15(2,3)11-17/h5-8,12,16H,9-11H2,1-4H3. The van der Waals surface area contributed by atoms with Crippen LogP contribution in [-0.2, 0) is 0 Å². The monoisotopic (exact) mass is 264 g/mol. The van der Waals surface area contributed by atoms with Crippen LogP contribution >= 0.6 is 11.8 Å². The van der Waals surface area contributed by atoms with Gasteiger partial charge in [0.15, 0.2) is 0 Å². The van der Waals surface area contributed by atoms with Crippen LogP contribution in [0.5, 0.6) is 0 Å². The minimum atomic E-state index is 0.355. The molecule has 3 heteroatoms. The molecule has 1 aromatic rings. The van der Waals surface area contributed by atoms with E-state index >= 15 is 0 Å². The number of para-hydroxylation sites is 1. The molecule has 0 aromatic heterocycles. The Morgan fingerprint density at radius 3 is 2.72 bits per heavy atom. The molecule has 1 unspecified atom stereocenters. The number of anilines is 1. The van der Waals surface area contributed by atoms with Crippen molar-refractivity contribution in [1.82, 2.24) is 5.32 Å². The SMILES string of the molecule is CNC(C)c1ccccc1N1CCSC(C)(C)C1. The smallest absolute Gasteiger partial charge is 0.0415 e. The molecule has 100 valence electrons. The van der Waals surface area contributed by atoms with Crippen LogP contribution < -0.4 is 10.2 Å². The molecule has 1 saturated heterocycles. The summed E-state index contributed by atoms with van der Waals surface area (Å²) >= 11 is 2.08. The zero-order valence-corrected chi connectivity index (χ0v) is 12.7. The van der Waals surface area contributed by atoms with Crippen LogP contribution in [0.3, 0.4) is 0 Å². The average Bonchev–Trinajstić information content (AvgIpc) is 2.36. The quantitative estimate of drug-likeness (QED) is 0.902. The highest BCUT2D eigenvalue weighted by atomic mass is 32.2. The van der Waals surface area contributed by atoms with Crippen LogP contribution in [-0.4, -0.2) is 30.6 Å². The van der Waals surface area contributed by atoms with E-state index in [0.717, 1.165) is 13.1 Å². The molecular formula is C15H24N2S. The van der Waals surface area contributed by atoms with E-state index in [0.29, 0.717) is 10.8 Å². The van der Waals surface area contributed by atoms with Gasteiger partial charge < -0.3 is 10.2 Å². The first-order chi connectivity index (χ1) is 8.53. The maximum absolute atomic E-state index is 3.35. The van der Waals surface area contributed by atoms with E-state index < -0.39 is 0 Å². The number of hydrogen-bond donors (Lipinski definition) is 1. The minimum Gasteiger partial charge on any atom is -0.369 e. The van der Waals surface area contributed by atoms with Gasteiger partial charge in [0, 0.05) is 35.3 Å². The van der Waals surface area contributed by atoms with Crippen LogP contribution in [0.25, 0.3) is 0 Å². The normalized spacial score (nSPS) is 20.8. The lowest BCUT2D eigenvalue weighted by atomic mass is 10.0. The zero-order valence-electron chi connectivity index (χ0n) is 11.9. The average molecular weight is 264 g/mol. The summed E-state index contributed by atoms with van der Waals surface area (Å²) in [6.07, 6.45) is 0. The Hall–Kier alpha value is -0.670. The molecule has 0 aliphatic carbocycles. The summed E-state index contributed by atoms with van der Waals surface area (Å²) in [7, 11) is 2.03. The Morgan fingerprint density at radius 2 is 2.06 bits per heavy atom. The summed E-state index contributed by atoms with van der Waals surface area (Å²) in [6.45, 7) is 9.19. The van der Waals surface area contributed by atoms with Gasteiger partial charge >= 0.3 is 0 Å². The van der Waals surface area contributed by atoms with Crippen molar-refractivity contribution in [1.29, 1.82) is 0 Å². The number of thioether (sulfide) groups is 1. The number of benzene rings is 1. The van der Waals surface area contributed by atoms with Gasteiger partial charge in [-0.15, -0.1) is 0 Å². The van der Waals surface area contributed by atoms with Gasteiger partial charge in [0.2, 0.25) is 0 Å². The molecule has 18 heavy (non-hydrogen) atoms. The number of rotatable bonds is 3. The highest BCUT2D eigenvalue weighted by molar-refractivity contribution is 8.00. The van der Waals surface area contributed by atoms with Crippen molar-refractivity contribution in [3.8, 4) is 0 Å². The third-order valence-corrected chi connectivity index (χ3v) is 4.90. The molecule has 1 fully saturated rings. The Morgan fingerprint density at radius 1 is 1.33 bits per heavy atom. The lowest BCUT2D eigenvalue weighted by molar-refractivity contribution is 0.624. The van der Waals surface area contributed by atoms with Crippen molar-refractivity contribution in [2.24, 2.45) is 0 Å². The van der Waals surface area contributed by atoms with Gasteiger partial charge in [0.05, 0.1) is 0 Å². The molecule has 1 aliphatic heterocycles. The molecule has 0 radical (unpaired) electrons. The van der Waals surface area contributed by atoms with Gasteiger partial charge in [0.1, 0.15) is 0 Å². The molecule has 1 atom stereocenters. The van der Waals surface area contributed by atoms with Crippen molar-refractivity contribution in [2.75, 3.05) is 30.8 Å². The highest BCUT2D eigenvalue weighted by Crippen LogP contribution is 2.34. The van der Waals surface area contributed by atoms with E-state index in [1.165, 1.54) is 17.0 Å². The fourth-order valence-corrected chi connectivity index (χ4v) is 3.63. The molecule has 1 heterocycles. The molecule has 2 nitrogen and oxygen atoms in total. The molecule has 2 rings (SSSR count). The lowest BCUT2D eigenvalue weighted by Crippen LogP contribution is -2.43. The molecule has 0 saturated carbocycles. The van der Waals surface area contributed by atoms with E-state index in [1.807, 2.05) is 7.05 Å². The second kappa shape index (κ2) is 5.54. The maximum Gasteiger partial charge on any atom is 0.0415 e. The van der Waals surface area contributed by atoms with Crippen LogP contribution in [0.15, 0.2) is 24.3 Å². The first-order valence-corrected chi connectivity index (χ1v) is 7.67. The number of nitrogens with zero attached hydrogens (tertiary/aromatic N) is 1. The van der Waals surface area contributed by atoms with Gasteiger partial charge in [-0.1, -0.05) is 18.2 Å². The first-order valence-electron chi connectivity index (χ1n) is 6.68. The van der Waals surface area contributed by atoms with Crippen molar-refractivity contribution in [3.05, 3.63) is 29.8 Å². The Bertz CT molecular complexity index is 403. The highest BCUT2D eigenvalue weighted by Gasteiger charge is 2.28. The predicted octanol–water partition coefficient (Wildman–Crippen LogP) is 3.30. The number of hydrogen-bond acceptors (Lipinski definition) is 3. The molecule has 0 amide bonds. The van der Waals surface area contributed by atoms with Gasteiger partial charge in [-0.05, 0) is 39.4 Å². The second-order valence-corrected chi connectivity index (χ2v) is 7.40. The Kier molecular flexibility index (Phi) is 4.23. The molecule has 1 N–H and O–H groups in total. The van der Waals surface area contributed by atoms with E-state index in [9.17, 15) is 0 Å². The molecule has 0 bridgehead atoms. The molecule has 0 spiro atoms. The van der Waals surface area contributed by atoms with E-state index in [4.69, 9.17) is 0 Å². The largest absolute Gasteiger partial charge is 0.369 e. The summed E-state index contributed by atoms with van der Waals surface area (Å²) in [5.41, 5.74) is 2.80. The van der Waals surface area contributed by atoms with E-state index in [-0.39, 0.29) is 0 Å². The van der Waals surface area contributed by atoms with E-state index in [1.54, 1.807) is 0 Å². The maximum atomic E-state index is 3.35. The minimum absolute atomic E-state index is 0.355. The van der Waals surface area contributed by atoms with Crippen molar-refractivity contribution in [2.45, 2.75) is 31.6 Å². The number of nitrogens with one attached hydrogen (secondary N) is 1. The van der Waals surface area contributed by atoms with Crippen LogP contribution in [0, 0.1) is 0 Å². The summed E-state index contributed by atoms with van der Waals surface area (Å²) in [5, 5.41) is 3.35. The van der Waals surface area contributed by atoms with Crippen LogP contribution in [0.4, 0.5) is 5.69 Å². The van der Waals surface area contributed by atoms with Crippen molar-refractivity contribution >= 4 is 17.4 Å². The zero-order chi connectivity index (χ0) is 13.2. The van der Waals surface area contributed by atoms with Gasteiger partial charge in [-0.25, -0.2) is 0 Å². The molecule has 1 aliphatic rings. The fraction of sp³-hybridized carbons (Fsp3) is 0.600. The van der Waals surface area contributed by atoms with Crippen LogP contribution in [0.1, 0.15) is 32.4 Å². The third kappa shape index (κ3) is 3.01. The summed E-state index contributed by atoms with van der Waals surface area (Å²) < 4.78 is 0.355. The van der Waals surface area contributed by atoms with Gasteiger partial charge in [0.25, 0.3) is 0 Å². The Balaban J connectivity index is 2.27. The second-order valence-electron chi connectivity index (χ2n) is 5.60. The van der Waals surface area contributed by atoms with Crippen LogP contribution in [0.2, 0.25) is 0 Å². The van der Waals surface area contributed by atoms with Crippen molar-refractivity contribution in [3.63, 3.8) is 0 Å². The molecular weight excluding hydrogens is 240 g/mol. The summed E-state index contributed by atoms with van der Waals surface area (Å²) in [5.74, 6) is 1.22. The topological polar surface area (TPSA) is 15.3 Å². The van der Waals surface area contributed by atoms with Gasteiger partial charge in [-0.2, -0.15) is 11.8 Å². The van der Waals surface area contributed by atoms with E-state index in [2.05, 4.69) is 67.0 Å². The lowest BCUT2D eigenvalue weighted by Gasteiger charge is -2.40. The third-order valence-electron chi connectivity index (χ3n) is 3.60. The fourth-order valence-electron chi connectivity index (χ4n) is 2.52. The Labute approximate surface area is 115 Å². The first kappa shape index (κ1) is 13.8. The predicted molar refractivity (Wildman–Crippen MR) is 82.7 cm³/mol. The summed E-state index contributed by atoms with van der Waals surface area (Å²) in [4.78, 5) is 2.54. The van der Waals surface area contributed by atoms with Crippen molar-refractivity contribution < 1.29 is 0 Å². The summed E-state index contributed by atoms with van der Waals surface area (Å²) in [6, 6.07) is 9.19. The molecule has 1 aromatic carbocycles.